The van der Waals surface area contributed by atoms with Gasteiger partial charge in [-0.3, -0.25) is 9.88 Å². The minimum atomic E-state index is -4.40. The molecule has 0 amide bonds. The molecule has 3 nitrogen and oxygen atoms in total. The van der Waals surface area contributed by atoms with Gasteiger partial charge >= 0.3 is 6.18 Å². The molecule has 0 spiro atoms. The van der Waals surface area contributed by atoms with Gasteiger partial charge in [0.2, 0.25) is 0 Å². The van der Waals surface area contributed by atoms with Gasteiger partial charge in [0.15, 0.2) is 0 Å². The molecule has 6 heteroatoms. The molecule has 0 saturated heterocycles. The van der Waals surface area contributed by atoms with Crippen LogP contribution in [0.5, 0.6) is 0 Å². The van der Waals surface area contributed by atoms with E-state index >= 15 is 0 Å². The average molecular weight is 420 g/mol. The summed E-state index contributed by atoms with van der Waals surface area (Å²) < 4.78 is 41.6. The number of nitrogens with two attached hydrogens (primary N) is 1. The van der Waals surface area contributed by atoms with E-state index < -0.39 is 17.8 Å². The third-order valence-corrected chi connectivity index (χ3v) is 5.23. The van der Waals surface area contributed by atoms with Gasteiger partial charge in [-0.2, -0.15) is 13.2 Å². The highest BCUT2D eigenvalue weighted by molar-refractivity contribution is 5.67. The molecule has 2 N–H and O–H groups in total. The summed E-state index contributed by atoms with van der Waals surface area (Å²) in [5.74, 6) is 0.269. The molecule has 1 aliphatic carbocycles. The number of benzene rings is 1. The second kappa shape index (κ2) is 10.1. The predicted octanol–water partition coefficient (Wildman–Crippen LogP) is 6.36. The van der Waals surface area contributed by atoms with E-state index in [0.29, 0.717) is 17.8 Å². The standard InChI is InChI=1S/C20H20F3N3.2C2H6/c1-26-9-7-18(24)16-11-25-8-6-14(16)19(26)15-5-4-13(12-2-3-12)10-17(15)20(21,22)23;2*1-2/h4-8,10-12,19H,2-3,9,24H2,1H3;2*1-2H3. The normalized spacial score (nSPS) is 18.7. The van der Waals surface area contributed by atoms with Gasteiger partial charge in [0.1, 0.15) is 0 Å². The van der Waals surface area contributed by atoms with Crippen molar-refractivity contribution in [2.75, 3.05) is 13.6 Å². The number of hydrogen-bond acceptors (Lipinski definition) is 3. The molecule has 1 aliphatic heterocycles. The van der Waals surface area contributed by atoms with Crippen LogP contribution in [0, 0.1) is 0 Å². The minimum Gasteiger partial charge on any atom is -0.398 e. The Hall–Kier alpha value is -2.34. The molecule has 0 bridgehead atoms. The van der Waals surface area contributed by atoms with Crippen LogP contribution < -0.4 is 5.73 Å². The number of pyridine rings is 1. The van der Waals surface area contributed by atoms with Crippen molar-refractivity contribution in [2.24, 2.45) is 5.73 Å². The Morgan fingerprint density at radius 3 is 2.30 bits per heavy atom. The van der Waals surface area contributed by atoms with Gasteiger partial charge in [-0.1, -0.05) is 39.8 Å². The number of nitrogens with zero attached hydrogens (tertiary/aromatic N) is 2. The molecule has 2 aliphatic rings. The Bertz CT molecular complexity index is 870. The molecular formula is C24H32F3N3. The Labute approximate surface area is 177 Å². The molecule has 0 radical (unpaired) electrons. The minimum absolute atomic E-state index is 0.264. The molecule has 2 heterocycles. The maximum Gasteiger partial charge on any atom is 0.416 e. The summed E-state index contributed by atoms with van der Waals surface area (Å²) in [6.45, 7) is 8.47. The summed E-state index contributed by atoms with van der Waals surface area (Å²) in [6, 6.07) is 6.05. The number of aromatic nitrogens is 1. The van der Waals surface area contributed by atoms with Crippen LogP contribution in [0.2, 0.25) is 0 Å². The molecule has 1 unspecified atom stereocenters. The lowest BCUT2D eigenvalue weighted by Crippen LogP contribution is -2.27. The van der Waals surface area contributed by atoms with Crippen LogP contribution in [0.4, 0.5) is 13.2 Å². The van der Waals surface area contributed by atoms with Crippen molar-refractivity contribution in [3.8, 4) is 0 Å². The van der Waals surface area contributed by atoms with Crippen LogP contribution in [-0.4, -0.2) is 23.5 Å². The van der Waals surface area contributed by atoms with E-state index in [-0.39, 0.29) is 11.5 Å². The van der Waals surface area contributed by atoms with Gasteiger partial charge in [0.25, 0.3) is 0 Å². The van der Waals surface area contributed by atoms with E-state index in [1.54, 1.807) is 24.5 Å². The Morgan fingerprint density at radius 2 is 1.70 bits per heavy atom. The monoisotopic (exact) mass is 419 g/mol. The number of fused-ring (bicyclic) bond motifs is 1. The topological polar surface area (TPSA) is 42.1 Å². The lowest BCUT2D eigenvalue weighted by molar-refractivity contribution is -0.138. The third-order valence-electron chi connectivity index (χ3n) is 5.23. The van der Waals surface area contributed by atoms with Gasteiger partial charge < -0.3 is 5.73 Å². The van der Waals surface area contributed by atoms with E-state index in [4.69, 9.17) is 5.73 Å². The lowest BCUT2D eigenvalue weighted by atomic mass is 9.89. The molecule has 4 rings (SSSR count). The first kappa shape index (κ1) is 23.9. The molecule has 1 atom stereocenters. The van der Waals surface area contributed by atoms with Crippen LogP contribution in [0.25, 0.3) is 5.70 Å². The van der Waals surface area contributed by atoms with Gasteiger partial charge in [-0.15, -0.1) is 0 Å². The maximum atomic E-state index is 13.9. The summed E-state index contributed by atoms with van der Waals surface area (Å²) in [7, 11) is 1.82. The zero-order valence-electron chi connectivity index (χ0n) is 18.4. The summed E-state index contributed by atoms with van der Waals surface area (Å²) in [6.07, 6.45) is 2.58. The summed E-state index contributed by atoms with van der Waals surface area (Å²) in [5, 5.41) is 0. The largest absolute Gasteiger partial charge is 0.416 e. The van der Waals surface area contributed by atoms with E-state index in [1.807, 2.05) is 51.8 Å². The summed E-state index contributed by atoms with van der Waals surface area (Å²) in [5.41, 5.74) is 8.60. The Kier molecular flexibility index (Phi) is 8.07. The van der Waals surface area contributed by atoms with Crippen molar-refractivity contribution >= 4 is 5.70 Å². The van der Waals surface area contributed by atoms with Crippen molar-refractivity contribution in [1.29, 1.82) is 0 Å². The fourth-order valence-corrected chi connectivity index (χ4v) is 3.71. The smallest absolute Gasteiger partial charge is 0.398 e. The molecule has 1 saturated carbocycles. The van der Waals surface area contributed by atoms with E-state index in [0.717, 1.165) is 24.0 Å². The SMILES string of the molecule is CC.CC.CN1CC=C(N)c2cnccc2C1c1ccc(C2CC2)cc1C(F)(F)F. The Morgan fingerprint density at radius 1 is 1.03 bits per heavy atom. The zero-order valence-corrected chi connectivity index (χ0v) is 18.4. The van der Waals surface area contributed by atoms with Crippen molar-refractivity contribution < 1.29 is 13.2 Å². The molecule has 2 aromatic rings. The highest BCUT2D eigenvalue weighted by atomic mass is 19.4. The molecular weight excluding hydrogens is 387 g/mol. The summed E-state index contributed by atoms with van der Waals surface area (Å²) in [4.78, 5) is 5.99. The summed E-state index contributed by atoms with van der Waals surface area (Å²) >= 11 is 0. The van der Waals surface area contributed by atoms with Crippen molar-refractivity contribution in [3.05, 3.63) is 70.6 Å². The lowest BCUT2D eigenvalue weighted by Gasteiger charge is -2.30. The van der Waals surface area contributed by atoms with Crippen molar-refractivity contribution in [2.45, 2.75) is 58.7 Å². The van der Waals surface area contributed by atoms with Crippen molar-refractivity contribution in [1.82, 2.24) is 9.88 Å². The number of halogens is 3. The quantitative estimate of drug-likeness (QED) is 0.615. The van der Waals surface area contributed by atoms with E-state index in [1.165, 1.54) is 6.07 Å². The van der Waals surface area contributed by atoms with Crippen LogP contribution in [-0.2, 0) is 6.18 Å². The number of likely N-dealkylation sites (N-methyl/N-ethyl adjacent to an activating group) is 1. The van der Waals surface area contributed by atoms with Crippen LogP contribution in [0.3, 0.4) is 0 Å². The maximum absolute atomic E-state index is 13.9. The van der Waals surface area contributed by atoms with Crippen LogP contribution in [0.1, 0.15) is 80.3 Å². The second-order valence-electron chi connectivity index (χ2n) is 7.08. The molecule has 1 aromatic heterocycles. The Balaban J connectivity index is 0.000000757. The fraction of sp³-hybridized carbons (Fsp3) is 0.458. The van der Waals surface area contributed by atoms with Gasteiger partial charge in [0.05, 0.1) is 11.6 Å². The van der Waals surface area contributed by atoms with E-state index in [9.17, 15) is 13.2 Å². The van der Waals surface area contributed by atoms with Gasteiger partial charge in [0, 0.05) is 30.2 Å². The predicted molar refractivity (Wildman–Crippen MR) is 117 cm³/mol. The third kappa shape index (κ3) is 5.04. The molecule has 164 valence electrons. The second-order valence-corrected chi connectivity index (χ2v) is 7.08. The number of rotatable bonds is 2. The highest BCUT2D eigenvalue weighted by Gasteiger charge is 2.39. The molecule has 1 aromatic carbocycles. The number of hydrogen-bond donors (Lipinski definition) is 1. The van der Waals surface area contributed by atoms with Gasteiger partial charge in [-0.25, -0.2) is 0 Å². The van der Waals surface area contributed by atoms with Gasteiger partial charge in [-0.05, 0) is 60.7 Å². The fourth-order valence-electron chi connectivity index (χ4n) is 3.71. The van der Waals surface area contributed by atoms with E-state index in [2.05, 4.69) is 4.98 Å². The molecule has 1 fully saturated rings. The highest BCUT2D eigenvalue weighted by Crippen LogP contribution is 2.45. The molecule has 30 heavy (non-hydrogen) atoms. The first-order chi connectivity index (χ1) is 14.4. The first-order valence-electron chi connectivity index (χ1n) is 10.7. The van der Waals surface area contributed by atoms with Crippen LogP contribution in [0.15, 0.2) is 42.7 Å². The average Bonchev–Trinajstić information content (AvgIpc) is 3.60. The zero-order chi connectivity index (χ0) is 22.5. The first-order valence-corrected chi connectivity index (χ1v) is 10.7. The van der Waals surface area contributed by atoms with Crippen molar-refractivity contribution in [3.63, 3.8) is 0 Å². The number of alkyl halides is 3. The van der Waals surface area contributed by atoms with Crippen LogP contribution >= 0.6 is 0 Å².